The molecule has 1 atom stereocenters. The number of carbonyl (C=O) groups excluding carboxylic acids is 2. The maximum Gasteiger partial charge on any atom is 0.413 e. The van der Waals surface area contributed by atoms with E-state index in [0.717, 1.165) is 0 Å². The van der Waals surface area contributed by atoms with E-state index in [4.69, 9.17) is 15.5 Å². The molecule has 0 aliphatic heterocycles. The van der Waals surface area contributed by atoms with Crippen LogP contribution in [0.4, 0.5) is 4.79 Å². The van der Waals surface area contributed by atoms with Crippen LogP contribution < -0.4 is 16.4 Å². The molecule has 0 saturated heterocycles. The first kappa shape index (κ1) is 16.1. The molecule has 0 radical (unpaired) electrons. The summed E-state index contributed by atoms with van der Waals surface area (Å²) in [6, 6.07) is -0.952. The molecule has 0 unspecified atom stereocenters. The highest BCUT2D eigenvalue weighted by atomic mass is 31.2. The van der Waals surface area contributed by atoms with E-state index in [1.165, 1.54) is 7.05 Å². The number of rotatable bonds is 7. The molecule has 6 N–H and O–H groups in total. The van der Waals surface area contributed by atoms with Crippen molar-refractivity contribution in [1.82, 2.24) is 10.6 Å². The van der Waals surface area contributed by atoms with Crippen LogP contribution in [-0.4, -0.2) is 41.0 Å². The molecule has 0 rings (SSSR count). The fourth-order valence-electron chi connectivity index (χ4n) is 1.17. The molecule has 0 bridgehead atoms. The lowest BCUT2D eigenvalue weighted by molar-refractivity contribution is -0.122. The van der Waals surface area contributed by atoms with E-state index in [2.05, 4.69) is 5.32 Å². The van der Waals surface area contributed by atoms with Crippen molar-refractivity contribution in [2.75, 3.05) is 13.6 Å². The Hall–Kier alpha value is -0.950. The second-order valence-electron chi connectivity index (χ2n) is 3.44. The maximum atomic E-state index is 11.4. The van der Waals surface area contributed by atoms with Crippen molar-refractivity contribution in [3.8, 4) is 0 Å². The lowest BCUT2D eigenvalue weighted by Crippen LogP contribution is -2.45. The molecule has 0 aromatic heterocycles. The smallest absolute Gasteiger partial charge is 0.357 e. The lowest BCUT2D eigenvalue weighted by atomic mass is 10.1. The Labute approximate surface area is 99.1 Å². The van der Waals surface area contributed by atoms with Gasteiger partial charge in [-0.05, 0) is 25.8 Å². The van der Waals surface area contributed by atoms with Crippen LogP contribution in [0.15, 0.2) is 0 Å². The number of hydrogen-bond donors (Lipinski definition) is 5. The van der Waals surface area contributed by atoms with Crippen LogP contribution in [0.25, 0.3) is 0 Å². The molecule has 2 amide bonds. The van der Waals surface area contributed by atoms with Gasteiger partial charge >= 0.3 is 13.2 Å². The Morgan fingerprint density at radius 3 is 2.35 bits per heavy atom. The van der Waals surface area contributed by atoms with Crippen LogP contribution in [-0.2, 0) is 9.36 Å². The Balaban J connectivity index is 4.44. The van der Waals surface area contributed by atoms with Gasteiger partial charge in [-0.3, -0.25) is 9.59 Å². The molecular formula is C8H18N3O5P. The van der Waals surface area contributed by atoms with Crippen LogP contribution >= 0.6 is 7.60 Å². The van der Waals surface area contributed by atoms with Gasteiger partial charge in [0.25, 0.3) is 0 Å². The normalized spacial score (nSPS) is 12.9. The van der Waals surface area contributed by atoms with Crippen molar-refractivity contribution in [3.63, 3.8) is 0 Å². The molecule has 0 spiro atoms. The molecule has 0 aliphatic rings. The minimum absolute atomic E-state index is 0.280. The largest absolute Gasteiger partial charge is 0.413 e. The van der Waals surface area contributed by atoms with Crippen LogP contribution in [0, 0.1) is 0 Å². The van der Waals surface area contributed by atoms with Crippen molar-refractivity contribution < 1.29 is 23.9 Å². The first-order valence-corrected chi connectivity index (χ1v) is 6.72. The standard InChI is InChI=1S/C8H18N3O5P/c1-10-7(12)6(4-2-3-5-9)11-8(13)17(14,15)16/h6H,2-5,9H2,1H3,(H,10,12)(H,11,13)(H2,14,15,16)/t6-/m0/s1. The highest BCUT2D eigenvalue weighted by molar-refractivity contribution is 7.69. The fraction of sp³-hybridized carbons (Fsp3) is 0.750. The first-order chi connectivity index (χ1) is 7.82. The number of carbonyl (C=O) groups is 2. The molecule has 0 aromatic rings. The van der Waals surface area contributed by atoms with E-state index >= 15 is 0 Å². The van der Waals surface area contributed by atoms with Gasteiger partial charge in [-0.25, -0.2) is 4.57 Å². The average Bonchev–Trinajstić information content (AvgIpc) is 2.25. The second-order valence-corrected chi connectivity index (χ2v) is 4.94. The predicted molar refractivity (Wildman–Crippen MR) is 61.3 cm³/mol. The topological polar surface area (TPSA) is 142 Å². The van der Waals surface area contributed by atoms with Crippen LogP contribution in [0.2, 0.25) is 0 Å². The zero-order valence-corrected chi connectivity index (χ0v) is 10.4. The van der Waals surface area contributed by atoms with E-state index in [9.17, 15) is 14.2 Å². The van der Waals surface area contributed by atoms with Crippen molar-refractivity contribution >= 4 is 19.2 Å². The molecular weight excluding hydrogens is 249 g/mol. The number of likely N-dealkylation sites (N-methyl/N-ethyl adjacent to an activating group) is 1. The van der Waals surface area contributed by atoms with E-state index in [1.54, 1.807) is 0 Å². The van der Waals surface area contributed by atoms with Crippen LogP contribution in [0.5, 0.6) is 0 Å². The third kappa shape index (κ3) is 6.38. The number of unbranched alkanes of at least 4 members (excludes halogenated alkanes) is 1. The monoisotopic (exact) mass is 267 g/mol. The summed E-state index contributed by atoms with van der Waals surface area (Å²) in [6.07, 6.45) is 1.53. The SMILES string of the molecule is CNC(=O)[C@H](CCCCN)NC(=O)P(=O)(O)O. The van der Waals surface area contributed by atoms with Gasteiger partial charge in [0.1, 0.15) is 6.04 Å². The van der Waals surface area contributed by atoms with Crippen molar-refractivity contribution in [3.05, 3.63) is 0 Å². The maximum absolute atomic E-state index is 11.4. The Morgan fingerprint density at radius 2 is 1.94 bits per heavy atom. The first-order valence-electron chi connectivity index (χ1n) is 5.11. The zero-order chi connectivity index (χ0) is 13.5. The third-order valence-electron chi connectivity index (χ3n) is 2.07. The van der Waals surface area contributed by atoms with Gasteiger partial charge in [0.15, 0.2) is 0 Å². The summed E-state index contributed by atoms with van der Waals surface area (Å²) in [6.45, 7) is 0.451. The summed E-state index contributed by atoms with van der Waals surface area (Å²) < 4.78 is 10.6. The minimum atomic E-state index is -4.85. The van der Waals surface area contributed by atoms with Gasteiger partial charge in [0, 0.05) is 7.05 Å². The van der Waals surface area contributed by atoms with E-state index in [-0.39, 0.29) is 6.42 Å². The summed E-state index contributed by atoms with van der Waals surface area (Å²) in [5.41, 5.74) is 3.84. The Bertz CT molecular complexity index is 316. The summed E-state index contributed by atoms with van der Waals surface area (Å²) in [5, 5.41) is 4.32. The summed E-state index contributed by atoms with van der Waals surface area (Å²) >= 11 is 0. The number of hydrogen-bond acceptors (Lipinski definition) is 4. The predicted octanol–water partition coefficient (Wildman–Crippen LogP) is -0.883. The number of nitrogens with two attached hydrogens (primary N) is 1. The third-order valence-corrected chi connectivity index (χ3v) is 2.73. The zero-order valence-electron chi connectivity index (χ0n) is 9.55. The van der Waals surface area contributed by atoms with Gasteiger partial charge in [0.05, 0.1) is 0 Å². The molecule has 100 valence electrons. The quantitative estimate of drug-likeness (QED) is 0.299. The summed E-state index contributed by atoms with van der Waals surface area (Å²) in [5.74, 6) is -0.496. The van der Waals surface area contributed by atoms with Gasteiger partial charge in [-0.2, -0.15) is 0 Å². The van der Waals surface area contributed by atoms with E-state index in [1.807, 2.05) is 5.32 Å². The molecule has 8 nitrogen and oxygen atoms in total. The molecule has 0 fully saturated rings. The Morgan fingerprint density at radius 1 is 1.35 bits per heavy atom. The number of amides is 2. The lowest BCUT2D eigenvalue weighted by Gasteiger charge is -2.17. The van der Waals surface area contributed by atoms with Crippen molar-refractivity contribution in [2.45, 2.75) is 25.3 Å². The van der Waals surface area contributed by atoms with Gasteiger partial charge in [-0.15, -0.1) is 0 Å². The van der Waals surface area contributed by atoms with Gasteiger partial charge in [0.2, 0.25) is 5.91 Å². The summed E-state index contributed by atoms with van der Waals surface area (Å²) in [7, 11) is -3.48. The molecule has 0 aromatic carbocycles. The van der Waals surface area contributed by atoms with Crippen molar-refractivity contribution in [2.24, 2.45) is 5.73 Å². The fourth-order valence-corrected chi connectivity index (χ4v) is 1.49. The molecule has 0 aliphatic carbocycles. The van der Waals surface area contributed by atoms with E-state index in [0.29, 0.717) is 19.4 Å². The highest BCUT2D eigenvalue weighted by Crippen LogP contribution is 2.35. The van der Waals surface area contributed by atoms with Crippen molar-refractivity contribution in [1.29, 1.82) is 0 Å². The van der Waals surface area contributed by atoms with Crippen LogP contribution in [0.1, 0.15) is 19.3 Å². The van der Waals surface area contributed by atoms with Crippen LogP contribution in [0.3, 0.4) is 0 Å². The minimum Gasteiger partial charge on any atom is -0.357 e. The van der Waals surface area contributed by atoms with E-state index < -0.39 is 25.2 Å². The molecule has 9 heteroatoms. The van der Waals surface area contributed by atoms with Gasteiger partial charge in [-0.1, -0.05) is 0 Å². The average molecular weight is 267 g/mol. The highest BCUT2D eigenvalue weighted by Gasteiger charge is 2.30. The summed E-state index contributed by atoms with van der Waals surface area (Å²) in [4.78, 5) is 39.6. The molecule has 0 heterocycles. The Kier molecular flexibility index (Phi) is 6.98. The molecule has 17 heavy (non-hydrogen) atoms. The molecule has 0 saturated carbocycles. The number of nitrogens with one attached hydrogen (secondary N) is 2. The second kappa shape index (κ2) is 7.39. The van der Waals surface area contributed by atoms with Gasteiger partial charge < -0.3 is 26.2 Å².